The van der Waals surface area contributed by atoms with Crippen molar-refractivity contribution < 1.29 is 4.74 Å². The lowest BCUT2D eigenvalue weighted by atomic mass is 9.98. The van der Waals surface area contributed by atoms with Crippen LogP contribution in [-0.2, 0) is 0 Å². The van der Waals surface area contributed by atoms with Crippen molar-refractivity contribution in [2.45, 2.75) is 52.4 Å². The van der Waals surface area contributed by atoms with Crippen LogP contribution in [0.4, 0.5) is 0 Å². The number of ether oxygens (including phenoxy) is 1. The Balaban J connectivity index is 1.73. The van der Waals surface area contributed by atoms with E-state index in [1.807, 2.05) is 0 Å². The van der Waals surface area contributed by atoms with E-state index in [9.17, 15) is 0 Å². The first-order chi connectivity index (χ1) is 15.1. The summed E-state index contributed by atoms with van der Waals surface area (Å²) < 4.78 is 18.1. The molecule has 0 fully saturated rings. The monoisotopic (exact) mass is 598 g/mol. The third-order valence-electron chi connectivity index (χ3n) is 5.29. The van der Waals surface area contributed by atoms with Gasteiger partial charge in [-0.3, -0.25) is 0 Å². The van der Waals surface area contributed by atoms with Gasteiger partial charge in [0.15, 0.2) is 0 Å². The van der Waals surface area contributed by atoms with Crippen LogP contribution < -0.4 is 4.74 Å². The van der Waals surface area contributed by atoms with E-state index in [0.29, 0.717) is 0 Å². The minimum absolute atomic E-state index is 0.725. The summed E-state index contributed by atoms with van der Waals surface area (Å²) in [4.78, 5) is 2.34. The molecular weight excluding hydrogens is 576 g/mol. The minimum Gasteiger partial charge on any atom is -0.493 e. The van der Waals surface area contributed by atoms with E-state index in [0.717, 1.165) is 59.0 Å². The number of benzene rings is 1. The Kier molecular flexibility index (Phi) is 8.20. The molecule has 1 aromatic carbocycles. The molecule has 31 heavy (non-hydrogen) atoms. The fourth-order valence-electron chi connectivity index (χ4n) is 3.77. The third kappa shape index (κ3) is 5.24. The van der Waals surface area contributed by atoms with Crippen LogP contribution in [0.2, 0.25) is 0 Å². The van der Waals surface area contributed by atoms with Crippen LogP contribution in [0.25, 0.3) is 31.9 Å². The number of rotatable bonds is 10. The van der Waals surface area contributed by atoms with Crippen LogP contribution in [0.5, 0.6) is 5.75 Å². The quantitative estimate of drug-likeness (QED) is 0.170. The molecule has 0 aliphatic carbocycles. The van der Waals surface area contributed by atoms with Gasteiger partial charge in [-0.05, 0) is 69.5 Å². The molecule has 0 unspecified atom stereocenters. The molecule has 0 N–H and O–H groups in total. The highest BCUT2D eigenvalue weighted by atomic mass is 79.9. The summed E-state index contributed by atoms with van der Waals surface area (Å²) in [6.07, 6.45) is 7.49. The normalized spacial score (nSPS) is 11.5. The third-order valence-corrected chi connectivity index (χ3v) is 9.10. The van der Waals surface area contributed by atoms with Gasteiger partial charge in [0.2, 0.25) is 0 Å². The standard InChI is InChI=1S/C23H24Br2N2OS3/c1-3-4-5-6-7-8-13-28-23-14(2)19(15-9-11-17(24)29-15)21-22(27-31-26-21)20(23)16-10-12-18(25)30-16/h9-12H,3-8,13H2,1-2H3. The van der Waals surface area contributed by atoms with Crippen LogP contribution >= 0.6 is 66.3 Å². The van der Waals surface area contributed by atoms with Crippen LogP contribution in [0.15, 0.2) is 31.8 Å². The lowest BCUT2D eigenvalue weighted by Crippen LogP contribution is -2.02. The number of unbranched alkanes of at least 4 members (excludes halogenated alkanes) is 5. The Morgan fingerprint density at radius 1 is 0.806 bits per heavy atom. The highest BCUT2D eigenvalue weighted by Crippen LogP contribution is 2.48. The molecule has 0 bridgehead atoms. The molecule has 0 amide bonds. The Morgan fingerprint density at radius 2 is 1.39 bits per heavy atom. The van der Waals surface area contributed by atoms with Crippen LogP contribution in [0.1, 0.15) is 51.0 Å². The van der Waals surface area contributed by atoms with Crippen LogP contribution in [-0.4, -0.2) is 15.4 Å². The molecule has 0 aliphatic heterocycles. The predicted molar refractivity (Wildman–Crippen MR) is 143 cm³/mol. The van der Waals surface area contributed by atoms with Crippen molar-refractivity contribution in [3.8, 4) is 26.6 Å². The van der Waals surface area contributed by atoms with Gasteiger partial charge < -0.3 is 4.74 Å². The molecule has 8 heteroatoms. The molecule has 3 nitrogen and oxygen atoms in total. The molecule has 0 radical (unpaired) electrons. The fraction of sp³-hybridized carbons (Fsp3) is 0.391. The smallest absolute Gasteiger partial charge is 0.133 e. The van der Waals surface area contributed by atoms with Gasteiger partial charge in [0, 0.05) is 20.9 Å². The number of halogens is 2. The number of nitrogens with zero attached hydrogens (tertiary/aromatic N) is 2. The first-order valence-corrected chi connectivity index (χ1v) is 14.5. The zero-order valence-corrected chi connectivity index (χ0v) is 23.2. The molecule has 164 valence electrons. The minimum atomic E-state index is 0.725. The van der Waals surface area contributed by atoms with Gasteiger partial charge in [0.05, 0.1) is 31.5 Å². The second kappa shape index (κ2) is 10.9. The topological polar surface area (TPSA) is 35.0 Å². The summed E-state index contributed by atoms with van der Waals surface area (Å²) in [5.41, 5.74) is 5.24. The molecule has 3 aromatic heterocycles. The van der Waals surface area contributed by atoms with E-state index in [1.165, 1.54) is 48.7 Å². The van der Waals surface area contributed by atoms with Gasteiger partial charge >= 0.3 is 0 Å². The molecule has 4 rings (SSSR count). The van der Waals surface area contributed by atoms with E-state index in [2.05, 4.69) is 70.0 Å². The largest absolute Gasteiger partial charge is 0.493 e. The van der Waals surface area contributed by atoms with Crippen molar-refractivity contribution in [2.75, 3.05) is 6.61 Å². The Morgan fingerprint density at radius 3 is 2.00 bits per heavy atom. The maximum atomic E-state index is 6.51. The van der Waals surface area contributed by atoms with E-state index >= 15 is 0 Å². The molecule has 3 heterocycles. The first kappa shape index (κ1) is 23.4. The predicted octanol–water partition coefficient (Wildman–Crippen LogP) is 9.72. The van der Waals surface area contributed by atoms with Crippen molar-refractivity contribution in [3.63, 3.8) is 0 Å². The summed E-state index contributed by atoms with van der Waals surface area (Å²) in [6, 6.07) is 8.46. The molecule has 0 saturated heterocycles. The number of hydrogen-bond donors (Lipinski definition) is 0. The zero-order chi connectivity index (χ0) is 21.8. The second-order valence-electron chi connectivity index (χ2n) is 7.49. The average Bonchev–Trinajstić information content (AvgIpc) is 3.49. The lowest BCUT2D eigenvalue weighted by molar-refractivity contribution is 0.304. The molecule has 4 aromatic rings. The Bertz CT molecular complexity index is 1170. The van der Waals surface area contributed by atoms with Crippen molar-refractivity contribution in [1.29, 1.82) is 0 Å². The number of thiophene rings is 2. The van der Waals surface area contributed by atoms with E-state index < -0.39 is 0 Å². The lowest BCUT2D eigenvalue weighted by Gasteiger charge is -2.17. The SMILES string of the molecule is CCCCCCCCOc1c(C)c(-c2ccc(Br)s2)c2nsnc2c1-c1ccc(Br)s1. The summed E-state index contributed by atoms with van der Waals surface area (Å²) in [5.74, 6) is 0.947. The molecule has 0 atom stereocenters. The number of fused-ring (bicyclic) bond motifs is 1. The maximum Gasteiger partial charge on any atom is 0.133 e. The van der Waals surface area contributed by atoms with Gasteiger partial charge in [-0.25, -0.2) is 0 Å². The van der Waals surface area contributed by atoms with Gasteiger partial charge in [-0.1, -0.05) is 39.0 Å². The van der Waals surface area contributed by atoms with Crippen molar-refractivity contribution in [2.24, 2.45) is 0 Å². The van der Waals surface area contributed by atoms with Crippen LogP contribution in [0, 0.1) is 6.92 Å². The molecule has 0 saturated carbocycles. The van der Waals surface area contributed by atoms with E-state index in [-0.39, 0.29) is 0 Å². The van der Waals surface area contributed by atoms with E-state index in [4.69, 9.17) is 13.5 Å². The summed E-state index contributed by atoms with van der Waals surface area (Å²) >= 11 is 11.9. The van der Waals surface area contributed by atoms with Gasteiger partial charge in [-0.2, -0.15) is 8.75 Å². The summed E-state index contributed by atoms with van der Waals surface area (Å²) in [5, 5.41) is 0. The highest BCUT2D eigenvalue weighted by molar-refractivity contribution is 9.11. The number of hydrogen-bond acceptors (Lipinski definition) is 6. The van der Waals surface area contributed by atoms with E-state index in [1.54, 1.807) is 22.7 Å². The van der Waals surface area contributed by atoms with Crippen molar-refractivity contribution in [3.05, 3.63) is 37.4 Å². The van der Waals surface area contributed by atoms with Gasteiger partial charge in [0.1, 0.15) is 16.8 Å². The summed E-state index contributed by atoms with van der Waals surface area (Å²) in [7, 11) is 0. The van der Waals surface area contributed by atoms with Crippen LogP contribution in [0.3, 0.4) is 0 Å². The molecular formula is C23H24Br2N2OS3. The molecule has 0 spiro atoms. The molecule has 0 aliphatic rings. The van der Waals surface area contributed by atoms with Crippen molar-refractivity contribution in [1.82, 2.24) is 8.75 Å². The van der Waals surface area contributed by atoms with Gasteiger partial charge in [0.25, 0.3) is 0 Å². The Hall–Kier alpha value is -0.800. The average molecular weight is 600 g/mol. The van der Waals surface area contributed by atoms with Crippen molar-refractivity contribution >= 4 is 77.3 Å². The number of aromatic nitrogens is 2. The zero-order valence-electron chi connectivity index (χ0n) is 17.5. The summed E-state index contributed by atoms with van der Waals surface area (Å²) in [6.45, 7) is 5.14. The Labute approximate surface area is 212 Å². The maximum absolute atomic E-state index is 6.51. The highest BCUT2D eigenvalue weighted by Gasteiger charge is 2.25. The first-order valence-electron chi connectivity index (χ1n) is 10.5. The second-order valence-corrected chi connectivity index (χ2v) is 12.9. The van der Waals surface area contributed by atoms with Gasteiger partial charge in [-0.15, -0.1) is 22.7 Å². The fourth-order valence-corrected chi connectivity index (χ4v) is 7.25.